The average Bonchev–Trinajstić information content (AvgIpc) is 3.68. The Balaban J connectivity index is 1.95. The van der Waals surface area contributed by atoms with Crippen LogP contribution in [-0.4, -0.2) is 59.4 Å². The number of carbonyl (C=O) groups is 1. The number of carbonyl (C=O) groups excluding carboxylic acids is 1. The molecule has 10 heteroatoms. The van der Waals surface area contributed by atoms with E-state index >= 15 is 4.39 Å². The molecule has 2 aromatic carbocycles. The zero-order chi connectivity index (χ0) is 28.0. The molecule has 2 atom stereocenters. The lowest BCUT2D eigenvalue weighted by molar-refractivity contribution is -0.122. The Morgan fingerprint density at radius 1 is 1.11 bits per heavy atom. The van der Waals surface area contributed by atoms with E-state index in [2.05, 4.69) is 15.5 Å². The zero-order valence-corrected chi connectivity index (χ0v) is 22.9. The van der Waals surface area contributed by atoms with Gasteiger partial charge in [0.05, 0.1) is 0 Å². The number of phenols is 2. The number of amides is 1. The first-order valence-electron chi connectivity index (χ1n) is 13.4. The smallest absolute Gasteiger partial charge is 0.257 e. The number of aromatic hydroxyl groups is 2. The average molecular weight is 531 g/mol. The van der Waals surface area contributed by atoms with E-state index in [1.807, 2.05) is 27.7 Å². The van der Waals surface area contributed by atoms with Crippen LogP contribution >= 0.6 is 0 Å². The monoisotopic (exact) mass is 530 g/mol. The summed E-state index contributed by atoms with van der Waals surface area (Å²) in [6, 6.07) is 7.62. The van der Waals surface area contributed by atoms with Gasteiger partial charge >= 0.3 is 0 Å². The molecule has 0 heterocycles. The Morgan fingerprint density at radius 3 is 2.37 bits per heavy atom. The second kappa shape index (κ2) is 13.2. The second-order valence-corrected chi connectivity index (χ2v) is 10.2. The molecule has 1 fully saturated rings. The number of benzene rings is 2. The van der Waals surface area contributed by atoms with Crippen LogP contribution in [0.1, 0.15) is 69.3 Å². The van der Waals surface area contributed by atoms with Gasteiger partial charge in [-0.25, -0.2) is 4.39 Å². The first-order valence-corrected chi connectivity index (χ1v) is 13.4. The molecule has 3 rings (SSSR count). The van der Waals surface area contributed by atoms with E-state index in [0.717, 1.165) is 39.0 Å². The van der Waals surface area contributed by atoms with E-state index < -0.39 is 24.1 Å². The molecule has 0 aliphatic heterocycles. The van der Waals surface area contributed by atoms with E-state index in [9.17, 15) is 15.0 Å². The summed E-state index contributed by atoms with van der Waals surface area (Å²) in [6.45, 7) is 11.6. The first kappa shape index (κ1) is 29.6. The highest BCUT2D eigenvalue weighted by Crippen LogP contribution is 2.37. The quantitative estimate of drug-likeness (QED) is 0.162. The van der Waals surface area contributed by atoms with Gasteiger partial charge in [-0.1, -0.05) is 33.8 Å². The van der Waals surface area contributed by atoms with Gasteiger partial charge in [-0.05, 0) is 55.6 Å². The summed E-state index contributed by atoms with van der Waals surface area (Å²) < 4.78 is 15.4. The molecule has 0 radical (unpaired) electrons. The Labute approximate surface area is 225 Å². The number of rotatable bonds is 14. The molecule has 0 spiro atoms. The third kappa shape index (κ3) is 7.35. The minimum absolute atomic E-state index is 0.0485. The molecular formula is C28H43FN6O3. The van der Waals surface area contributed by atoms with Crippen molar-refractivity contribution < 1.29 is 19.4 Å². The van der Waals surface area contributed by atoms with Gasteiger partial charge in [0, 0.05) is 48.6 Å². The van der Waals surface area contributed by atoms with Crippen LogP contribution in [0, 0.1) is 5.82 Å². The van der Waals surface area contributed by atoms with E-state index in [0.29, 0.717) is 23.4 Å². The Kier molecular flexibility index (Phi) is 10.3. The van der Waals surface area contributed by atoms with Crippen LogP contribution in [0.3, 0.4) is 0 Å². The number of phenolic OH excluding ortho intramolecular Hbond substituents is 2. The Morgan fingerprint density at radius 2 is 1.79 bits per heavy atom. The van der Waals surface area contributed by atoms with E-state index in [-0.39, 0.29) is 29.0 Å². The second-order valence-electron chi connectivity index (χ2n) is 10.2. The lowest BCUT2D eigenvalue weighted by Crippen LogP contribution is -2.56. The maximum atomic E-state index is 15.4. The molecule has 2 aromatic rings. The highest BCUT2D eigenvalue weighted by atomic mass is 19.1. The minimum Gasteiger partial charge on any atom is -0.508 e. The zero-order valence-electron chi connectivity index (χ0n) is 22.9. The fraction of sp³-hybridized carbons (Fsp3) is 0.536. The maximum absolute atomic E-state index is 15.4. The molecule has 1 saturated carbocycles. The van der Waals surface area contributed by atoms with Crippen molar-refractivity contribution in [2.75, 3.05) is 31.1 Å². The number of nitrogens with one attached hydrogen (secondary N) is 2. The Bertz CT molecular complexity index is 1090. The summed E-state index contributed by atoms with van der Waals surface area (Å²) >= 11 is 0. The van der Waals surface area contributed by atoms with Crippen LogP contribution in [0.25, 0.3) is 0 Å². The SMILES string of the molecule is CCNCCN(CC)Cc1ccc(N(C(N)C(=O)NC2CC2)C(N)c2cc(C(C)C)c(O)cc2O)cc1F. The summed E-state index contributed by atoms with van der Waals surface area (Å²) in [5.74, 6) is -1.21. The molecule has 210 valence electrons. The van der Waals surface area contributed by atoms with Crippen LogP contribution < -0.4 is 27.0 Å². The highest BCUT2D eigenvalue weighted by molar-refractivity contribution is 5.85. The van der Waals surface area contributed by atoms with Crippen LogP contribution in [0.5, 0.6) is 11.5 Å². The van der Waals surface area contributed by atoms with Gasteiger partial charge < -0.3 is 37.2 Å². The molecular weight excluding hydrogens is 487 g/mol. The van der Waals surface area contributed by atoms with E-state index in [1.165, 1.54) is 17.0 Å². The lowest BCUT2D eigenvalue weighted by Gasteiger charge is -2.36. The van der Waals surface area contributed by atoms with Crippen molar-refractivity contribution in [2.45, 2.75) is 71.4 Å². The van der Waals surface area contributed by atoms with Gasteiger partial charge in [0.2, 0.25) is 0 Å². The number of nitrogens with zero attached hydrogens (tertiary/aromatic N) is 2. The fourth-order valence-corrected chi connectivity index (χ4v) is 4.42. The molecule has 2 unspecified atom stereocenters. The predicted octanol–water partition coefficient (Wildman–Crippen LogP) is 2.82. The first-order chi connectivity index (χ1) is 18.1. The van der Waals surface area contributed by atoms with Gasteiger partial charge in [-0.3, -0.25) is 9.69 Å². The Hall–Kier alpha value is -2.92. The van der Waals surface area contributed by atoms with E-state index in [4.69, 9.17) is 11.5 Å². The van der Waals surface area contributed by atoms with Gasteiger partial charge in [-0.2, -0.15) is 0 Å². The number of likely N-dealkylation sites (N-methyl/N-ethyl adjacent to an activating group) is 2. The number of hydrogen-bond donors (Lipinski definition) is 6. The largest absolute Gasteiger partial charge is 0.508 e. The summed E-state index contributed by atoms with van der Waals surface area (Å²) in [6.07, 6.45) is -0.567. The van der Waals surface area contributed by atoms with Gasteiger partial charge in [0.15, 0.2) is 6.17 Å². The predicted molar refractivity (Wildman–Crippen MR) is 148 cm³/mol. The summed E-state index contributed by atoms with van der Waals surface area (Å²) in [5, 5.41) is 27.1. The number of hydrogen-bond acceptors (Lipinski definition) is 8. The van der Waals surface area contributed by atoms with Crippen LogP contribution in [0.15, 0.2) is 30.3 Å². The molecule has 38 heavy (non-hydrogen) atoms. The number of anilines is 1. The molecule has 1 amide bonds. The molecule has 9 nitrogen and oxygen atoms in total. The summed E-state index contributed by atoms with van der Waals surface area (Å²) in [4.78, 5) is 16.5. The van der Waals surface area contributed by atoms with Crippen LogP contribution in [-0.2, 0) is 11.3 Å². The molecule has 0 saturated heterocycles. The van der Waals surface area contributed by atoms with Crippen molar-refractivity contribution >= 4 is 11.6 Å². The number of halogens is 1. The highest BCUT2D eigenvalue weighted by Gasteiger charge is 2.33. The lowest BCUT2D eigenvalue weighted by atomic mass is 9.97. The third-order valence-electron chi connectivity index (χ3n) is 6.94. The van der Waals surface area contributed by atoms with Crippen molar-refractivity contribution in [2.24, 2.45) is 11.5 Å². The molecule has 1 aliphatic rings. The molecule has 0 aromatic heterocycles. The van der Waals surface area contributed by atoms with E-state index in [1.54, 1.807) is 18.2 Å². The van der Waals surface area contributed by atoms with Crippen molar-refractivity contribution in [1.82, 2.24) is 15.5 Å². The maximum Gasteiger partial charge on any atom is 0.257 e. The van der Waals surface area contributed by atoms with Crippen LogP contribution in [0.2, 0.25) is 0 Å². The minimum atomic E-state index is -1.24. The fourth-order valence-electron chi connectivity index (χ4n) is 4.42. The van der Waals surface area contributed by atoms with Crippen molar-refractivity contribution in [3.05, 3.63) is 52.8 Å². The van der Waals surface area contributed by atoms with Crippen molar-refractivity contribution in [1.29, 1.82) is 0 Å². The summed E-state index contributed by atoms with van der Waals surface area (Å²) in [5.41, 5.74) is 14.7. The normalized spacial score (nSPS) is 15.1. The standard InChI is InChI=1S/C28H43FN6O3/c1-5-32-11-12-34(6-2)16-18-7-10-20(13-23(18)29)35(27(31)28(38)33-19-8-9-19)26(30)22-14-21(17(3)4)24(36)15-25(22)37/h7,10,13-15,17,19,26-27,32,36-37H,5-6,8-9,11-12,16,30-31H2,1-4H3,(H,33,38). The van der Waals surface area contributed by atoms with Crippen LogP contribution in [0.4, 0.5) is 10.1 Å². The van der Waals surface area contributed by atoms with Gasteiger partial charge in [-0.15, -0.1) is 0 Å². The van der Waals surface area contributed by atoms with Crippen molar-refractivity contribution in [3.63, 3.8) is 0 Å². The number of nitrogens with two attached hydrogens (primary N) is 2. The third-order valence-corrected chi connectivity index (χ3v) is 6.94. The van der Waals surface area contributed by atoms with Crippen molar-refractivity contribution in [3.8, 4) is 11.5 Å². The topological polar surface area (TPSA) is 140 Å². The van der Waals surface area contributed by atoms with Gasteiger partial charge in [0.25, 0.3) is 5.91 Å². The summed E-state index contributed by atoms with van der Waals surface area (Å²) in [7, 11) is 0. The molecule has 1 aliphatic carbocycles. The molecule has 0 bridgehead atoms. The molecule has 8 N–H and O–H groups in total. The van der Waals surface area contributed by atoms with Gasteiger partial charge in [0.1, 0.15) is 23.5 Å².